The molecule has 0 bridgehead atoms. The summed E-state index contributed by atoms with van der Waals surface area (Å²) in [5.41, 5.74) is 2.18. The summed E-state index contributed by atoms with van der Waals surface area (Å²) in [4.78, 5) is 16.4. The highest BCUT2D eigenvalue weighted by Gasteiger charge is 2.19. The van der Waals surface area contributed by atoms with E-state index in [-0.39, 0.29) is 11.8 Å². The Morgan fingerprint density at radius 2 is 2.33 bits per heavy atom. The molecular weight excluding hydrogens is 264 g/mol. The molecule has 1 amide bonds. The first-order valence-corrected chi connectivity index (χ1v) is 7.73. The average molecular weight is 286 g/mol. The van der Waals surface area contributed by atoms with Crippen LogP contribution in [0.5, 0.6) is 0 Å². The van der Waals surface area contributed by atoms with Crippen LogP contribution in [0, 0.1) is 5.92 Å². The van der Waals surface area contributed by atoms with Gasteiger partial charge in [-0.05, 0) is 37.9 Å². The van der Waals surface area contributed by atoms with Gasteiger partial charge in [-0.25, -0.2) is 4.98 Å². The van der Waals surface area contributed by atoms with Crippen molar-refractivity contribution in [1.82, 2.24) is 20.2 Å². The molecule has 1 fully saturated rings. The van der Waals surface area contributed by atoms with Crippen molar-refractivity contribution >= 4 is 16.9 Å². The molecule has 1 saturated heterocycles. The van der Waals surface area contributed by atoms with E-state index in [2.05, 4.69) is 26.3 Å². The number of nitrogens with one attached hydrogen (secondary N) is 2. The summed E-state index contributed by atoms with van der Waals surface area (Å²) in [5, 5.41) is 6.33. The van der Waals surface area contributed by atoms with E-state index in [1.54, 1.807) is 0 Å². The van der Waals surface area contributed by atoms with Crippen molar-refractivity contribution in [2.45, 2.75) is 25.8 Å². The SMILES string of the molecule is O=C(NCCCn1cnc2ccccc21)C1CCCNC1. The molecule has 2 heterocycles. The summed E-state index contributed by atoms with van der Waals surface area (Å²) >= 11 is 0. The highest BCUT2D eigenvalue weighted by atomic mass is 16.1. The molecule has 1 unspecified atom stereocenters. The molecule has 1 aliphatic heterocycles. The summed E-state index contributed by atoms with van der Waals surface area (Å²) in [6.07, 6.45) is 4.90. The van der Waals surface area contributed by atoms with Gasteiger partial charge < -0.3 is 15.2 Å². The fourth-order valence-electron chi connectivity index (χ4n) is 2.87. The Bertz CT molecular complexity index is 601. The second-order valence-corrected chi connectivity index (χ2v) is 5.61. The van der Waals surface area contributed by atoms with E-state index in [1.165, 1.54) is 0 Å². The van der Waals surface area contributed by atoms with Crippen molar-refractivity contribution in [3.8, 4) is 0 Å². The maximum atomic E-state index is 12.0. The van der Waals surface area contributed by atoms with E-state index in [0.29, 0.717) is 0 Å². The zero-order chi connectivity index (χ0) is 14.5. The lowest BCUT2D eigenvalue weighted by atomic mass is 9.99. The van der Waals surface area contributed by atoms with Crippen LogP contribution in [0.4, 0.5) is 0 Å². The minimum atomic E-state index is 0.146. The molecule has 1 aromatic heterocycles. The lowest BCUT2D eigenvalue weighted by Gasteiger charge is -2.21. The van der Waals surface area contributed by atoms with E-state index in [0.717, 1.165) is 56.5 Å². The van der Waals surface area contributed by atoms with Gasteiger partial charge in [-0.2, -0.15) is 0 Å². The molecule has 1 aromatic carbocycles. The Labute approximate surface area is 124 Å². The van der Waals surface area contributed by atoms with Crippen LogP contribution >= 0.6 is 0 Å². The molecule has 0 spiro atoms. The number of imidazole rings is 1. The number of nitrogens with zero attached hydrogens (tertiary/aromatic N) is 2. The van der Waals surface area contributed by atoms with E-state index >= 15 is 0 Å². The zero-order valence-electron chi connectivity index (χ0n) is 12.2. The number of hydrogen-bond acceptors (Lipinski definition) is 3. The van der Waals surface area contributed by atoms with Gasteiger partial charge in [-0.1, -0.05) is 12.1 Å². The summed E-state index contributed by atoms with van der Waals surface area (Å²) in [7, 11) is 0. The van der Waals surface area contributed by atoms with Gasteiger partial charge in [-0.15, -0.1) is 0 Å². The fourth-order valence-corrected chi connectivity index (χ4v) is 2.87. The Hall–Kier alpha value is -1.88. The van der Waals surface area contributed by atoms with E-state index in [9.17, 15) is 4.79 Å². The van der Waals surface area contributed by atoms with Crippen LogP contribution in [0.15, 0.2) is 30.6 Å². The summed E-state index contributed by atoms with van der Waals surface area (Å²) < 4.78 is 2.14. The van der Waals surface area contributed by atoms with Crippen LogP contribution in [-0.4, -0.2) is 35.1 Å². The standard InChI is InChI=1S/C16H22N4O/c21-16(13-5-3-8-17-11-13)18-9-4-10-20-12-19-14-6-1-2-7-15(14)20/h1-2,6-7,12-13,17H,3-5,8-11H2,(H,18,21). The van der Waals surface area contributed by atoms with Crippen LogP contribution in [-0.2, 0) is 11.3 Å². The van der Waals surface area contributed by atoms with Crippen molar-refractivity contribution in [3.05, 3.63) is 30.6 Å². The molecule has 5 heteroatoms. The fraction of sp³-hybridized carbons (Fsp3) is 0.500. The van der Waals surface area contributed by atoms with Gasteiger partial charge in [0, 0.05) is 19.6 Å². The van der Waals surface area contributed by atoms with Gasteiger partial charge in [0.15, 0.2) is 0 Å². The molecule has 2 aromatic rings. The number of aromatic nitrogens is 2. The van der Waals surface area contributed by atoms with Gasteiger partial charge in [0.05, 0.1) is 23.3 Å². The monoisotopic (exact) mass is 286 g/mol. The molecule has 21 heavy (non-hydrogen) atoms. The normalized spacial score (nSPS) is 18.8. The van der Waals surface area contributed by atoms with Crippen molar-refractivity contribution in [3.63, 3.8) is 0 Å². The topological polar surface area (TPSA) is 59.0 Å². The summed E-state index contributed by atoms with van der Waals surface area (Å²) in [6.45, 7) is 3.46. The minimum absolute atomic E-state index is 0.146. The van der Waals surface area contributed by atoms with Crippen molar-refractivity contribution < 1.29 is 4.79 Å². The first-order chi connectivity index (χ1) is 10.3. The Morgan fingerprint density at radius 1 is 1.43 bits per heavy atom. The van der Waals surface area contributed by atoms with Crippen LogP contribution in [0.1, 0.15) is 19.3 Å². The molecule has 2 N–H and O–H groups in total. The Balaban J connectivity index is 1.44. The van der Waals surface area contributed by atoms with Gasteiger partial charge in [-0.3, -0.25) is 4.79 Å². The highest BCUT2D eigenvalue weighted by Crippen LogP contribution is 2.12. The number of para-hydroxylation sites is 2. The second-order valence-electron chi connectivity index (χ2n) is 5.61. The number of carbonyl (C=O) groups is 1. The third kappa shape index (κ3) is 3.42. The summed E-state index contributed by atoms with van der Waals surface area (Å²) in [6, 6.07) is 8.12. The molecular formula is C16H22N4O. The largest absolute Gasteiger partial charge is 0.356 e. The zero-order valence-corrected chi connectivity index (χ0v) is 12.2. The minimum Gasteiger partial charge on any atom is -0.356 e. The number of amides is 1. The third-order valence-electron chi connectivity index (χ3n) is 4.07. The predicted molar refractivity (Wildman–Crippen MR) is 83.0 cm³/mol. The number of fused-ring (bicyclic) bond motifs is 1. The van der Waals surface area contributed by atoms with E-state index < -0.39 is 0 Å². The van der Waals surface area contributed by atoms with Gasteiger partial charge in [0.1, 0.15) is 0 Å². The highest BCUT2D eigenvalue weighted by molar-refractivity contribution is 5.79. The molecule has 0 aliphatic carbocycles. The molecule has 1 aliphatic rings. The Kier molecular flexibility index (Phi) is 4.50. The van der Waals surface area contributed by atoms with E-state index in [1.807, 2.05) is 24.5 Å². The first kappa shape index (κ1) is 14.1. The number of carbonyl (C=O) groups excluding carboxylic acids is 1. The Morgan fingerprint density at radius 3 is 3.19 bits per heavy atom. The maximum Gasteiger partial charge on any atom is 0.224 e. The number of rotatable bonds is 5. The van der Waals surface area contributed by atoms with Crippen molar-refractivity contribution in [2.24, 2.45) is 5.92 Å². The van der Waals surface area contributed by atoms with Gasteiger partial charge in [0.2, 0.25) is 5.91 Å². The van der Waals surface area contributed by atoms with Crippen LogP contribution < -0.4 is 10.6 Å². The quantitative estimate of drug-likeness (QED) is 0.820. The lowest BCUT2D eigenvalue weighted by Crippen LogP contribution is -2.40. The predicted octanol–water partition coefficient (Wildman–Crippen LogP) is 1.54. The molecule has 5 nitrogen and oxygen atoms in total. The van der Waals surface area contributed by atoms with E-state index in [4.69, 9.17) is 0 Å². The first-order valence-electron chi connectivity index (χ1n) is 7.73. The molecule has 112 valence electrons. The molecule has 3 rings (SSSR count). The second kappa shape index (κ2) is 6.72. The van der Waals surface area contributed by atoms with Crippen molar-refractivity contribution in [1.29, 1.82) is 0 Å². The average Bonchev–Trinajstić information content (AvgIpc) is 2.95. The molecule has 0 radical (unpaired) electrons. The van der Waals surface area contributed by atoms with Crippen molar-refractivity contribution in [2.75, 3.05) is 19.6 Å². The molecule has 0 saturated carbocycles. The smallest absolute Gasteiger partial charge is 0.224 e. The van der Waals surface area contributed by atoms with Gasteiger partial charge in [0.25, 0.3) is 0 Å². The number of piperidine rings is 1. The number of aryl methyl sites for hydroxylation is 1. The van der Waals surface area contributed by atoms with Crippen LogP contribution in [0.25, 0.3) is 11.0 Å². The lowest BCUT2D eigenvalue weighted by molar-refractivity contribution is -0.125. The molecule has 1 atom stereocenters. The van der Waals surface area contributed by atoms with Crippen LogP contribution in [0.3, 0.4) is 0 Å². The van der Waals surface area contributed by atoms with Crippen LogP contribution in [0.2, 0.25) is 0 Å². The third-order valence-corrected chi connectivity index (χ3v) is 4.07. The maximum absolute atomic E-state index is 12.0. The van der Waals surface area contributed by atoms with Gasteiger partial charge >= 0.3 is 0 Å². The summed E-state index contributed by atoms with van der Waals surface area (Å²) in [5.74, 6) is 0.338. The number of hydrogen-bond donors (Lipinski definition) is 2. The number of benzene rings is 1.